The first-order valence-corrected chi connectivity index (χ1v) is 6.77. The van der Waals surface area contributed by atoms with E-state index in [1.807, 2.05) is 0 Å². The van der Waals surface area contributed by atoms with Gasteiger partial charge in [-0.05, 0) is 37.6 Å². The lowest BCUT2D eigenvalue weighted by molar-refractivity contribution is 0.464. The number of hydrogen-bond donors (Lipinski definition) is 2. The molecule has 0 amide bonds. The summed E-state index contributed by atoms with van der Waals surface area (Å²) < 4.78 is 0. The highest BCUT2D eigenvalue weighted by Crippen LogP contribution is 2.24. The third-order valence-corrected chi connectivity index (χ3v) is 3.42. The molecule has 0 aliphatic carbocycles. The minimum atomic E-state index is 0.246. The zero-order valence-corrected chi connectivity index (χ0v) is 11.7. The molecule has 0 fully saturated rings. The third-order valence-electron chi connectivity index (χ3n) is 3.07. The normalized spacial score (nSPS) is 10.6. The summed E-state index contributed by atoms with van der Waals surface area (Å²) >= 11 is 6.05. The first-order valence-electron chi connectivity index (χ1n) is 6.39. The van der Waals surface area contributed by atoms with E-state index >= 15 is 0 Å². The lowest BCUT2D eigenvalue weighted by Gasteiger charge is -2.09. The fraction of sp³-hybridized carbons (Fsp3) is 0.250. The standard InChI is InChI=1S/C16H18ClNO/c1-12-4-2-5-13(10-12)8-9-18-11-14-15(17)6-3-7-16(14)19/h2-7,10,18-19H,8-9,11H2,1H3. The second kappa shape index (κ2) is 6.60. The Hall–Kier alpha value is -1.51. The molecule has 2 nitrogen and oxygen atoms in total. The van der Waals surface area contributed by atoms with Crippen molar-refractivity contribution in [3.8, 4) is 5.75 Å². The van der Waals surface area contributed by atoms with E-state index in [0.717, 1.165) is 18.5 Å². The molecule has 0 unspecified atom stereocenters. The van der Waals surface area contributed by atoms with Crippen LogP contribution in [0.25, 0.3) is 0 Å². The van der Waals surface area contributed by atoms with Gasteiger partial charge < -0.3 is 10.4 Å². The molecule has 19 heavy (non-hydrogen) atoms. The van der Waals surface area contributed by atoms with Crippen molar-refractivity contribution in [3.05, 3.63) is 64.2 Å². The molecule has 0 radical (unpaired) electrons. The molecule has 3 heteroatoms. The molecule has 100 valence electrons. The summed E-state index contributed by atoms with van der Waals surface area (Å²) in [5.41, 5.74) is 3.35. The smallest absolute Gasteiger partial charge is 0.121 e. The van der Waals surface area contributed by atoms with Crippen LogP contribution >= 0.6 is 11.6 Å². The Balaban J connectivity index is 1.84. The SMILES string of the molecule is Cc1cccc(CCNCc2c(O)cccc2Cl)c1. The molecule has 0 saturated carbocycles. The van der Waals surface area contributed by atoms with E-state index in [9.17, 15) is 5.11 Å². The van der Waals surface area contributed by atoms with E-state index in [1.165, 1.54) is 11.1 Å². The average molecular weight is 276 g/mol. The average Bonchev–Trinajstić information content (AvgIpc) is 2.37. The lowest BCUT2D eigenvalue weighted by atomic mass is 10.1. The van der Waals surface area contributed by atoms with Crippen LogP contribution in [0.3, 0.4) is 0 Å². The summed E-state index contributed by atoms with van der Waals surface area (Å²) in [7, 11) is 0. The van der Waals surface area contributed by atoms with Gasteiger partial charge in [-0.3, -0.25) is 0 Å². The Kier molecular flexibility index (Phi) is 4.83. The predicted molar refractivity (Wildman–Crippen MR) is 79.7 cm³/mol. The van der Waals surface area contributed by atoms with Gasteiger partial charge in [-0.1, -0.05) is 47.5 Å². The van der Waals surface area contributed by atoms with Gasteiger partial charge in [0.15, 0.2) is 0 Å². The number of phenolic OH excluding ortho intramolecular Hbond substituents is 1. The number of rotatable bonds is 5. The zero-order valence-electron chi connectivity index (χ0n) is 11.0. The third kappa shape index (κ3) is 3.98. The molecular weight excluding hydrogens is 258 g/mol. The van der Waals surface area contributed by atoms with Crippen molar-refractivity contribution in [1.82, 2.24) is 5.32 Å². The molecule has 2 N–H and O–H groups in total. The molecule has 0 aliphatic heterocycles. The van der Waals surface area contributed by atoms with Crippen molar-refractivity contribution in [2.75, 3.05) is 6.54 Å². The Morgan fingerprint density at radius 2 is 1.95 bits per heavy atom. The van der Waals surface area contributed by atoms with Crippen molar-refractivity contribution in [1.29, 1.82) is 0 Å². The molecule has 0 atom stereocenters. The van der Waals surface area contributed by atoms with Gasteiger partial charge in [0, 0.05) is 17.1 Å². The highest BCUT2D eigenvalue weighted by atomic mass is 35.5. The van der Waals surface area contributed by atoms with Crippen molar-refractivity contribution in [2.24, 2.45) is 0 Å². The van der Waals surface area contributed by atoms with Crippen LogP contribution in [0.2, 0.25) is 5.02 Å². The number of phenols is 1. The summed E-state index contributed by atoms with van der Waals surface area (Å²) in [5, 5.41) is 13.6. The largest absolute Gasteiger partial charge is 0.508 e. The molecule has 0 heterocycles. The summed E-state index contributed by atoms with van der Waals surface area (Å²) in [5.74, 6) is 0.246. The minimum absolute atomic E-state index is 0.246. The number of halogens is 1. The monoisotopic (exact) mass is 275 g/mol. The fourth-order valence-electron chi connectivity index (χ4n) is 2.04. The van der Waals surface area contributed by atoms with Crippen LogP contribution in [0.4, 0.5) is 0 Å². The van der Waals surface area contributed by atoms with Crippen molar-refractivity contribution in [3.63, 3.8) is 0 Å². The van der Waals surface area contributed by atoms with Crippen LogP contribution in [-0.4, -0.2) is 11.7 Å². The van der Waals surface area contributed by atoms with Gasteiger partial charge in [-0.2, -0.15) is 0 Å². The molecule has 0 spiro atoms. The number of hydrogen-bond acceptors (Lipinski definition) is 2. The molecule has 0 aliphatic rings. The second-order valence-corrected chi connectivity index (χ2v) is 5.06. The number of nitrogens with one attached hydrogen (secondary N) is 1. The first-order chi connectivity index (χ1) is 9.16. The van der Waals surface area contributed by atoms with Crippen LogP contribution in [0.1, 0.15) is 16.7 Å². The van der Waals surface area contributed by atoms with Crippen LogP contribution in [0, 0.1) is 6.92 Å². The minimum Gasteiger partial charge on any atom is -0.508 e. The predicted octanol–water partition coefficient (Wildman–Crippen LogP) is 3.69. The topological polar surface area (TPSA) is 32.3 Å². The van der Waals surface area contributed by atoms with E-state index in [2.05, 4.69) is 36.5 Å². The highest BCUT2D eigenvalue weighted by molar-refractivity contribution is 6.31. The molecule has 2 rings (SSSR count). The highest BCUT2D eigenvalue weighted by Gasteiger charge is 2.04. The van der Waals surface area contributed by atoms with Gasteiger partial charge in [0.25, 0.3) is 0 Å². The van der Waals surface area contributed by atoms with Crippen molar-refractivity contribution < 1.29 is 5.11 Å². The van der Waals surface area contributed by atoms with Crippen LogP contribution in [0.15, 0.2) is 42.5 Å². The first kappa shape index (κ1) is 13.9. The maximum atomic E-state index is 9.72. The number of benzene rings is 2. The summed E-state index contributed by atoms with van der Waals surface area (Å²) in [6.45, 7) is 3.53. The fourth-order valence-corrected chi connectivity index (χ4v) is 2.27. The van der Waals surface area contributed by atoms with Gasteiger partial charge in [-0.15, -0.1) is 0 Å². The van der Waals surface area contributed by atoms with Gasteiger partial charge in [-0.25, -0.2) is 0 Å². The zero-order chi connectivity index (χ0) is 13.7. The van der Waals surface area contributed by atoms with Gasteiger partial charge in [0.05, 0.1) is 0 Å². The number of aryl methyl sites for hydroxylation is 1. The Morgan fingerprint density at radius 1 is 1.16 bits per heavy atom. The quantitative estimate of drug-likeness (QED) is 0.816. The molecular formula is C16H18ClNO. The Morgan fingerprint density at radius 3 is 2.68 bits per heavy atom. The van der Waals surface area contributed by atoms with Crippen molar-refractivity contribution >= 4 is 11.6 Å². The van der Waals surface area contributed by atoms with Gasteiger partial charge >= 0.3 is 0 Å². The summed E-state index contributed by atoms with van der Waals surface area (Å²) in [4.78, 5) is 0. The summed E-state index contributed by atoms with van der Waals surface area (Å²) in [6.07, 6.45) is 0.965. The van der Waals surface area contributed by atoms with E-state index in [0.29, 0.717) is 11.6 Å². The van der Waals surface area contributed by atoms with Gasteiger partial charge in [0.2, 0.25) is 0 Å². The lowest BCUT2D eigenvalue weighted by Crippen LogP contribution is -2.17. The van der Waals surface area contributed by atoms with Crippen LogP contribution in [-0.2, 0) is 13.0 Å². The molecule has 0 bridgehead atoms. The Labute approximate surface area is 119 Å². The molecule has 0 saturated heterocycles. The van der Waals surface area contributed by atoms with E-state index in [1.54, 1.807) is 18.2 Å². The number of aromatic hydroxyl groups is 1. The second-order valence-electron chi connectivity index (χ2n) is 4.65. The molecule has 2 aromatic carbocycles. The molecule has 2 aromatic rings. The maximum Gasteiger partial charge on any atom is 0.121 e. The van der Waals surface area contributed by atoms with E-state index < -0.39 is 0 Å². The van der Waals surface area contributed by atoms with E-state index in [-0.39, 0.29) is 5.75 Å². The van der Waals surface area contributed by atoms with Crippen LogP contribution in [0.5, 0.6) is 5.75 Å². The van der Waals surface area contributed by atoms with Gasteiger partial charge in [0.1, 0.15) is 5.75 Å². The Bertz CT molecular complexity index is 534. The molecule has 0 aromatic heterocycles. The van der Waals surface area contributed by atoms with Crippen LogP contribution < -0.4 is 5.32 Å². The van der Waals surface area contributed by atoms with Crippen molar-refractivity contribution in [2.45, 2.75) is 19.9 Å². The summed E-state index contributed by atoms with van der Waals surface area (Å²) in [6, 6.07) is 13.7. The van der Waals surface area contributed by atoms with E-state index in [4.69, 9.17) is 11.6 Å². The maximum absolute atomic E-state index is 9.72.